The Bertz CT molecular complexity index is 870. The number of rotatable bonds is 13. The third-order valence-corrected chi connectivity index (χ3v) is 4.40. The van der Waals surface area contributed by atoms with E-state index in [0.29, 0.717) is 42.7 Å². The molecule has 2 aromatic carbocycles. The molecule has 2 amide bonds. The predicted octanol–water partition coefficient (Wildman–Crippen LogP) is 3.19. The lowest BCUT2D eigenvalue weighted by Gasteiger charge is -2.07. The standard InChI is InChI=1S/C23H29N3O5/c27-15-16-31-21-12-8-5-9-18(21)17-24-26-23(30)14-4-2-1-3-13-22(29)25-19-10-6-7-11-20(19)28/h5-12,17,27-28H,1-4,13-16H2,(H,25,29)(H,26,30)/b24-17+. The van der Waals surface area contributed by atoms with Crippen LogP contribution >= 0.6 is 0 Å². The van der Waals surface area contributed by atoms with Crippen LogP contribution in [0.2, 0.25) is 0 Å². The number of unbranched alkanes of at least 4 members (excludes halogenated alkanes) is 3. The third-order valence-electron chi connectivity index (χ3n) is 4.40. The minimum absolute atomic E-state index is 0.0469. The van der Waals surface area contributed by atoms with Gasteiger partial charge in [0.1, 0.15) is 18.1 Å². The van der Waals surface area contributed by atoms with Gasteiger partial charge in [0.05, 0.1) is 18.5 Å². The summed E-state index contributed by atoms with van der Waals surface area (Å²) in [6.45, 7) is 0.108. The molecule has 0 heterocycles. The van der Waals surface area contributed by atoms with Gasteiger partial charge in [-0.3, -0.25) is 9.59 Å². The van der Waals surface area contributed by atoms with E-state index in [4.69, 9.17) is 9.84 Å². The van der Waals surface area contributed by atoms with Gasteiger partial charge in [0.15, 0.2) is 0 Å². The molecule has 31 heavy (non-hydrogen) atoms. The highest BCUT2D eigenvalue weighted by Gasteiger charge is 2.06. The van der Waals surface area contributed by atoms with Crippen molar-refractivity contribution in [3.63, 3.8) is 0 Å². The van der Waals surface area contributed by atoms with Gasteiger partial charge in [0, 0.05) is 18.4 Å². The van der Waals surface area contributed by atoms with Crippen LogP contribution in [0.4, 0.5) is 5.69 Å². The molecule has 0 radical (unpaired) electrons. The third kappa shape index (κ3) is 9.31. The zero-order valence-electron chi connectivity index (χ0n) is 17.4. The number of hydrogen-bond donors (Lipinski definition) is 4. The first-order valence-electron chi connectivity index (χ1n) is 10.3. The number of phenolic OH excluding ortho intramolecular Hbond substituents is 1. The largest absolute Gasteiger partial charge is 0.506 e. The molecular weight excluding hydrogens is 398 g/mol. The SMILES string of the molecule is O=C(CCCCCCC(=O)Nc1ccccc1O)N/N=C/c1ccccc1OCCO. The molecule has 0 aliphatic heterocycles. The molecule has 0 bridgehead atoms. The number of aromatic hydroxyl groups is 1. The van der Waals surface area contributed by atoms with Crippen LogP contribution in [0.1, 0.15) is 44.1 Å². The molecule has 2 rings (SSSR count). The summed E-state index contributed by atoms with van der Waals surface area (Å²) in [6.07, 6.45) is 5.31. The number of nitrogens with one attached hydrogen (secondary N) is 2. The summed E-state index contributed by atoms with van der Waals surface area (Å²) in [5, 5.41) is 25.1. The molecule has 0 aliphatic rings. The van der Waals surface area contributed by atoms with Crippen molar-refractivity contribution in [3.05, 3.63) is 54.1 Å². The number of phenols is 1. The second-order valence-electron chi connectivity index (χ2n) is 6.88. The first-order valence-corrected chi connectivity index (χ1v) is 10.3. The lowest BCUT2D eigenvalue weighted by atomic mass is 10.1. The Morgan fingerprint density at radius 3 is 2.35 bits per heavy atom. The van der Waals surface area contributed by atoms with Crippen LogP contribution in [0.3, 0.4) is 0 Å². The van der Waals surface area contributed by atoms with Crippen LogP contribution in [0.5, 0.6) is 11.5 Å². The van der Waals surface area contributed by atoms with Crippen molar-refractivity contribution < 1.29 is 24.5 Å². The molecule has 0 fully saturated rings. The summed E-state index contributed by atoms with van der Waals surface area (Å²) in [5.41, 5.74) is 3.61. The van der Waals surface area contributed by atoms with Gasteiger partial charge in [-0.25, -0.2) is 5.43 Å². The maximum Gasteiger partial charge on any atom is 0.240 e. The number of hydrazone groups is 1. The first-order chi connectivity index (χ1) is 15.1. The molecule has 0 saturated carbocycles. The van der Waals surface area contributed by atoms with Crippen molar-refractivity contribution in [3.8, 4) is 11.5 Å². The Morgan fingerprint density at radius 1 is 0.935 bits per heavy atom. The monoisotopic (exact) mass is 427 g/mol. The van der Waals surface area contributed by atoms with Crippen LogP contribution in [-0.4, -0.2) is 41.5 Å². The average Bonchev–Trinajstić information content (AvgIpc) is 2.77. The van der Waals surface area contributed by atoms with Crippen molar-refractivity contribution in [2.24, 2.45) is 5.10 Å². The Labute approximate surface area is 181 Å². The Morgan fingerprint density at radius 2 is 1.61 bits per heavy atom. The van der Waals surface area contributed by atoms with E-state index < -0.39 is 0 Å². The number of para-hydroxylation sites is 3. The Kier molecular flexibility index (Phi) is 10.6. The number of nitrogens with zero attached hydrogens (tertiary/aromatic N) is 1. The van der Waals surface area contributed by atoms with Gasteiger partial charge in [0.2, 0.25) is 11.8 Å². The number of aliphatic hydroxyl groups is 1. The van der Waals surface area contributed by atoms with Crippen LogP contribution < -0.4 is 15.5 Å². The number of anilines is 1. The fourth-order valence-corrected chi connectivity index (χ4v) is 2.82. The van der Waals surface area contributed by atoms with E-state index in [9.17, 15) is 14.7 Å². The van der Waals surface area contributed by atoms with Crippen molar-refractivity contribution in [1.82, 2.24) is 5.43 Å². The normalized spacial score (nSPS) is 10.7. The summed E-state index contributed by atoms with van der Waals surface area (Å²) in [5.74, 6) is 0.311. The van der Waals surface area contributed by atoms with E-state index in [1.807, 2.05) is 12.1 Å². The minimum atomic E-state index is -0.178. The molecule has 0 spiro atoms. The van der Waals surface area contributed by atoms with Gasteiger partial charge in [-0.2, -0.15) is 5.10 Å². The van der Waals surface area contributed by atoms with Gasteiger partial charge >= 0.3 is 0 Å². The molecule has 8 heteroatoms. The van der Waals surface area contributed by atoms with Gasteiger partial charge in [-0.1, -0.05) is 37.1 Å². The number of carbonyl (C=O) groups is 2. The van der Waals surface area contributed by atoms with E-state index in [1.54, 1.807) is 30.3 Å². The smallest absolute Gasteiger partial charge is 0.240 e. The summed E-state index contributed by atoms with van der Waals surface area (Å²) in [6, 6.07) is 13.8. The van der Waals surface area contributed by atoms with E-state index in [1.165, 1.54) is 12.3 Å². The van der Waals surface area contributed by atoms with E-state index >= 15 is 0 Å². The zero-order chi connectivity index (χ0) is 22.3. The molecule has 0 aliphatic carbocycles. The molecule has 8 nitrogen and oxygen atoms in total. The van der Waals surface area contributed by atoms with Crippen LogP contribution in [0.15, 0.2) is 53.6 Å². The summed E-state index contributed by atoms with van der Waals surface area (Å²) < 4.78 is 5.41. The Hall–Kier alpha value is -3.39. The van der Waals surface area contributed by atoms with E-state index in [-0.39, 0.29) is 30.8 Å². The maximum atomic E-state index is 11.9. The molecule has 2 aromatic rings. The quantitative estimate of drug-likeness (QED) is 0.169. The molecule has 0 unspecified atom stereocenters. The zero-order valence-corrected chi connectivity index (χ0v) is 17.4. The highest BCUT2D eigenvalue weighted by molar-refractivity contribution is 5.92. The fraction of sp³-hybridized carbons (Fsp3) is 0.348. The van der Waals surface area contributed by atoms with Crippen molar-refractivity contribution >= 4 is 23.7 Å². The molecule has 0 atom stereocenters. The minimum Gasteiger partial charge on any atom is -0.506 e. The van der Waals surface area contributed by atoms with Gasteiger partial charge in [-0.05, 0) is 37.1 Å². The highest BCUT2D eigenvalue weighted by atomic mass is 16.5. The first kappa shape index (κ1) is 23.9. The van der Waals surface area contributed by atoms with Crippen molar-refractivity contribution in [2.45, 2.75) is 38.5 Å². The average molecular weight is 428 g/mol. The predicted molar refractivity (Wildman–Crippen MR) is 119 cm³/mol. The van der Waals surface area contributed by atoms with Gasteiger partial charge < -0.3 is 20.3 Å². The second-order valence-corrected chi connectivity index (χ2v) is 6.88. The molecular formula is C23H29N3O5. The summed E-state index contributed by atoms with van der Waals surface area (Å²) in [4.78, 5) is 23.8. The van der Waals surface area contributed by atoms with Gasteiger partial charge in [0.25, 0.3) is 0 Å². The van der Waals surface area contributed by atoms with Crippen LogP contribution in [0, 0.1) is 0 Å². The molecule has 166 valence electrons. The molecule has 0 aromatic heterocycles. The molecule has 4 N–H and O–H groups in total. The van der Waals surface area contributed by atoms with Gasteiger partial charge in [-0.15, -0.1) is 0 Å². The van der Waals surface area contributed by atoms with Crippen molar-refractivity contribution in [2.75, 3.05) is 18.5 Å². The number of amides is 2. The van der Waals surface area contributed by atoms with E-state index in [0.717, 1.165) is 12.8 Å². The highest BCUT2D eigenvalue weighted by Crippen LogP contribution is 2.21. The Balaban J connectivity index is 1.58. The lowest BCUT2D eigenvalue weighted by molar-refractivity contribution is -0.121. The number of benzene rings is 2. The number of carbonyl (C=O) groups excluding carboxylic acids is 2. The van der Waals surface area contributed by atoms with Crippen LogP contribution in [0.25, 0.3) is 0 Å². The number of aliphatic hydroxyl groups excluding tert-OH is 1. The van der Waals surface area contributed by atoms with Crippen LogP contribution in [-0.2, 0) is 9.59 Å². The van der Waals surface area contributed by atoms with Crippen molar-refractivity contribution in [1.29, 1.82) is 0 Å². The second kappa shape index (κ2) is 13.8. The number of hydrogen-bond acceptors (Lipinski definition) is 6. The lowest BCUT2D eigenvalue weighted by Crippen LogP contribution is -2.17. The fourth-order valence-electron chi connectivity index (χ4n) is 2.82. The summed E-state index contributed by atoms with van der Waals surface area (Å²) in [7, 11) is 0. The topological polar surface area (TPSA) is 120 Å². The summed E-state index contributed by atoms with van der Waals surface area (Å²) >= 11 is 0. The van der Waals surface area contributed by atoms with E-state index in [2.05, 4.69) is 15.8 Å². The number of ether oxygens (including phenoxy) is 1. The maximum absolute atomic E-state index is 11.9. The molecule has 0 saturated heterocycles.